The van der Waals surface area contributed by atoms with E-state index in [1.54, 1.807) is 18.0 Å². The Labute approximate surface area is 256 Å². The number of benzene rings is 2. The van der Waals surface area contributed by atoms with Crippen LogP contribution >= 0.6 is 12.2 Å². The summed E-state index contributed by atoms with van der Waals surface area (Å²) in [5.74, 6) is -0.753. The Kier molecular flexibility index (Phi) is 11.3. The lowest BCUT2D eigenvalue weighted by Gasteiger charge is -2.37. The summed E-state index contributed by atoms with van der Waals surface area (Å²) in [6.07, 6.45) is 3.19. The number of nitrogens with zero attached hydrogens (tertiary/aromatic N) is 5. The zero-order chi connectivity index (χ0) is 30.8. The van der Waals surface area contributed by atoms with Crippen LogP contribution < -0.4 is 20.7 Å². The molecule has 228 valence electrons. The summed E-state index contributed by atoms with van der Waals surface area (Å²) in [6.45, 7) is 3.90. The number of urea groups is 1. The van der Waals surface area contributed by atoms with Crippen molar-refractivity contribution >= 4 is 40.8 Å². The quantitative estimate of drug-likeness (QED) is 0.294. The molecule has 0 atom stereocenters. The van der Waals surface area contributed by atoms with E-state index in [-0.39, 0.29) is 47.0 Å². The fraction of sp³-hybridized carbons (Fsp3) is 0.367. The van der Waals surface area contributed by atoms with E-state index in [1.807, 2.05) is 30.3 Å². The minimum absolute atomic E-state index is 0.0463. The molecule has 0 unspecified atom stereocenters. The molecule has 0 aliphatic carbocycles. The van der Waals surface area contributed by atoms with Gasteiger partial charge < -0.3 is 30.1 Å². The number of carbonyl (C=O) groups is 2. The van der Waals surface area contributed by atoms with Gasteiger partial charge in [-0.3, -0.25) is 10.1 Å². The van der Waals surface area contributed by atoms with Gasteiger partial charge in [0.2, 0.25) is 11.8 Å². The second-order valence-electron chi connectivity index (χ2n) is 10.6. The third kappa shape index (κ3) is 9.94. The molecule has 3 amide bonds. The highest BCUT2D eigenvalue weighted by Gasteiger charge is 2.25. The van der Waals surface area contributed by atoms with E-state index in [4.69, 9.17) is 17.0 Å². The third-order valence-electron chi connectivity index (χ3n) is 7.03. The number of carbonyl (C=O) groups excluding carboxylic acids is 2. The second-order valence-corrected chi connectivity index (χ2v) is 11.0. The summed E-state index contributed by atoms with van der Waals surface area (Å²) < 4.78 is 20.5. The number of amides is 3. The van der Waals surface area contributed by atoms with Crippen molar-refractivity contribution in [3.05, 3.63) is 72.3 Å². The number of hydrogen-bond acceptors (Lipinski definition) is 8. The van der Waals surface area contributed by atoms with Crippen molar-refractivity contribution in [2.45, 2.75) is 25.3 Å². The Morgan fingerprint density at radius 2 is 1.79 bits per heavy atom. The zero-order valence-corrected chi connectivity index (χ0v) is 25.4. The van der Waals surface area contributed by atoms with Crippen LogP contribution in [-0.4, -0.2) is 95.1 Å². The van der Waals surface area contributed by atoms with Gasteiger partial charge in [0.05, 0.1) is 6.42 Å². The summed E-state index contributed by atoms with van der Waals surface area (Å²) in [5.41, 5.74) is 1.18. The number of nitrogens with one attached hydrogen (secondary N) is 3. The number of ether oxygens (including phenoxy) is 1. The number of thiocarbonyl (C=S) groups is 1. The molecule has 1 fully saturated rings. The average molecular weight is 609 g/mol. The summed E-state index contributed by atoms with van der Waals surface area (Å²) in [6, 6.07) is 14.7. The number of likely N-dealkylation sites (tertiary alicyclic amines) is 1. The van der Waals surface area contributed by atoms with Gasteiger partial charge in [-0.2, -0.15) is 0 Å². The largest absolute Gasteiger partial charge is 0.436 e. The molecule has 0 saturated carbocycles. The number of rotatable bonds is 10. The monoisotopic (exact) mass is 608 g/mol. The Balaban J connectivity index is 1.26. The Hall–Kier alpha value is -4.20. The molecule has 0 bridgehead atoms. The number of halogens is 1. The molecule has 1 aliphatic rings. The minimum Gasteiger partial charge on any atom is -0.436 e. The van der Waals surface area contributed by atoms with Crippen molar-refractivity contribution in [3.63, 3.8) is 0 Å². The van der Waals surface area contributed by atoms with Gasteiger partial charge in [0.15, 0.2) is 16.7 Å². The van der Waals surface area contributed by atoms with E-state index in [2.05, 4.69) is 49.8 Å². The number of likely N-dealkylation sites (N-methyl/N-ethyl adjacent to an activating group) is 1. The molecule has 0 radical (unpaired) electrons. The van der Waals surface area contributed by atoms with Crippen LogP contribution in [-0.2, 0) is 11.2 Å². The maximum absolute atomic E-state index is 14.9. The first kappa shape index (κ1) is 31.7. The van der Waals surface area contributed by atoms with E-state index in [0.717, 1.165) is 44.6 Å². The summed E-state index contributed by atoms with van der Waals surface area (Å²) in [4.78, 5) is 39.6. The Bertz CT molecular complexity index is 1400. The molecule has 4 rings (SSSR count). The first-order chi connectivity index (χ1) is 20.7. The first-order valence-corrected chi connectivity index (χ1v) is 14.4. The molecule has 1 aliphatic heterocycles. The highest BCUT2D eigenvalue weighted by molar-refractivity contribution is 7.80. The molecule has 1 saturated heterocycles. The first-order valence-electron chi connectivity index (χ1n) is 14.0. The van der Waals surface area contributed by atoms with Crippen LogP contribution in [0.1, 0.15) is 18.4 Å². The van der Waals surface area contributed by atoms with Gasteiger partial charge in [-0.15, -0.1) is 0 Å². The molecule has 43 heavy (non-hydrogen) atoms. The second kappa shape index (κ2) is 15.3. The minimum atomic E-state index is -0.677. The predicted molar refractivity (Wildman–Crippen MR) is 168 cm³/mol. The molecule has 13 heteroatoms. The standard InChI is InChI=1S/C30H37FN8O3S/c1-37(2)15-16-39-13-11-23(12-14-39)38(3)30(41)35-26-19-28(33-20-32-26)42-25-10-9-22(18-24(25)31)34-29(43)36-27(40)17-21-7-5-4-6-8-21/h4-10,18-20,23H,11-17H2,1-3H3,(H,32,33,35,41)(H2,34,36,40,43). The highest BCUT2D eigenvalue weighted by Crippen LogP contribution is 2.26. The van der Waals surface area contributed by atoms with Crippen LogP contribution in [0.25, 0.3) is 0 Å². The van der Waals surface area contributed by atoms with Crippen molar-refractivity contribution in [1.82, 2.24) is 30.0 Å². The SMILES string of the molecule is CN(C)CCN1CCC(N(C)C(=O)Nc2cc(Oc3ccc(NC(=S)NC(=O)Cc4ccccc4)cc3F)ncn2)CC1. The van der Waals surface area contributed by atoms with Crippen molar-refractivity contribution in [3.8, 4) is 11.6 Å². The number of aromatic nitrogens is 2. The topological polar surface area (TPSA) is 115 Å². The Morgan fingerprint density at radius 1 is 1.05 bits per heavy atom. The highest BCUT2D eigenvalue weighted by atomic mass is 32.1. The fourth-order valence-corrected chi connectivity index (χ4v) is 4.82. The van der Waals surface area contributed by atoms with Crippen LogP contribution in [0.2, 0.25) is 0 Å². The van der Waals surface area contributed by atoms with Crippen LogP contribution in [0.15, 0.2) is 60.9 Å². The molecule has 11 nitrogen and oxygen atoms in total. The normalized spacial score (nSPS) is 13.8. The van der Waals surface area contributed by atoms with Gasteiger partial charge >= 0.3 is 6.03 Å². The average Bonchev–Trinajstić information content (AvgIpc) is 2.98. The van der Waals surface area contributed by atoms with E-state index < -0.39 is 5.82 Å². The third-order valence-corrected chi connectivity index (χ3v) is 7.23. The summed E-state index contributed by atoms with van der Waals surface area (Å²) >= 11 is 5.19. The number of anilines is 2. The summed E-state index contributed by atoms with van der Waals surface area (Å²) in [7, 11) is 5.90. The van der Waals surface area contributed by atoms with Gasteiger partial charge in [0.25, 0.3) is 0 Å². The van der Waals surface area contributed by atoms with Gasteiger partial charge in [-0.25, -0.2) is 19.2 Å². The van der Waals surface area contributed by atoms with E-state index in [1.165, 1.54) is 24.5 Å². The lowest BCUT2D eigenvalue weighted by molar-refractivity contribution is -0.119. The molecule has 3 N–H and O–H groups in total. The summed E-state index contributed by atoms with van der Waals surface area (Å²) in [5, 5.41) is 8.20. The smallest absolute Gasteiger partial charge is 0.323 e. The number of piperidine rings is 1. The fourth-order valence-electron chi connectivity index (χ4n) is 4.59. The lowest BCUT2D eigenvalue weighted by Crippen LogP contribution is -2.48. The molecule has 2 heterocycles. The van der Waals surface area contributed by atoms with Crippen molar-refractivity contribution in [1.29, 1.82) is 0 Å². The van der Waals surface area contributed by atoms with E-state index >= 15 is 0 Å². The van der Waals surface area contributed by atoms with Gasteiger partial charge in [-0.1, -0.05) is 30.3 Å². The van der Waals surface area contributed by atoms with Crippen molar-refractivity contribution in [2.24, 2.45) is 0 Å². The van der Waals surface area contributed by atoms with Gasteiger partial charge in [0.1, 0.15) is 12.1 Å². The van der Waals surface area contributed by atoms with Crippen LogP contribution in [0, 0.1) is 5.82 Å². The van der Waals surface area contributed by atoms with Crippen LogP contribution in [0.4, 0.5) is 20.7 Å². The van der Waals surface area contributed by atoms with Gasteiger partial charge in [-0.05, 0) is 56.9 Å². The molecule has 1 aromatic heterocycles. The van der Waals surface area contributed by atoms with E-state index in [0.29, 0.717) is 5.69 Å². The molecule has 0 spiro atoms. The Morgan fingerprint density at radius 3 is 2.49 bits per heavy atom. The maximum Gasteiger partial charge on any atom is 0.323 e. The lowest BCUT2D eigenvalue weighted by atomic mass is 10.0. The molecular weight excluding hydrogens is 571 g/mol. The molecule has 3 aromatic rings. The van der Waals surface area contributed by atoms with Crippen molar-refractivity contribution in [2.75, 3.05) is 58.0 Å². The maximum atomic E-state index is 14.9. The molecule has 2 aromatic carbocycles. The predicted octanol–water partition coefficient (Wildman–Crippen LogP) is 3.95. The van der Waals surface area contributed by atoms with Crippen LogP contribution in [0.5, 0.6) is 11.6 Å². The van der Waals surface area contributed by atoms with E-state index in [9.17, 15) is 14.0 Å². The number of hydrogen-bond donors (Lipinski definition) is 3. The zero-order valence-electron chi connectivity index (χ0n) is 24.5. The molecular formula is C30H37FN8O3S. The van der Waals surface area contributed by atoms with Crippen LogP contribution in [0.3, 0.4) is 0 Å². The van der Waals surface area contributed by atoms with Gasteiger partial charge in [0, 0.05) is 57.1 Å². The van der Waals surface area contributed by atoms with Crippen molar-refractivity contribution < 1.29 is 18.7 Å².